The van der Waals surface area contributed by atoms with Crippen LogP contribution in [0.4, 0.5) is 0 Å². The van der Waals surface area contributed by atoms with E-state index in [9.17, 15) is 0 Å². The molecule has 0 amide bonds. The van der Waals surface area contributed by atoms with Crippen LogP contribution in [-0.4, -0.2) is 19.1 Å². The van der Waals surface area contributed by atoms with Gasteiger partial charge in [-0.3, -0.25) is 4.98 Å². The molecule has 1 N–H and O–H groups in total. The van der Waals surface area contributed by atoms with Crippen molar-refractivity contribution in [3.05, 3.63) is 24.0 Å². The fraction of sp³-hybridized carbons (Fsp3) is 0.688. The highest BCUT2D eigenvalue weighted by Gasteiger charge is 2.30. The standard InChI is InChI=1S/C16H26N2O/c1-4-12-7-5-8-13(11-12)15(17-2)16-14(19-3)9-6-10-18-16/h6,9-10,12-13,15,17H,4-5,7-8,11H2,1-3H3. The third-order valence-electron chi connectivity index (χ3n) is 4.50. The van der Waals surface area contributed by atoms with Crippen LogP contribution in [0.25, 0.3) is 0 Å². The summed E-state index contributed by atoms with van der Waals surface area (Å²) in [6.45, 7) is 2.31. The van der Waals surface area contributed by atoms with Crippen molar-refractivity contribution >= 4 is 0 Å². The molecule has 3 heteroatoms. The first kappa shape index (κ1) is 14.3. The fourth-order valence-electron chi connectivity index (χ4n) is 3.41. The Hall–Kier alpha value is -1.09. The van der Waals surface area contributed by atoms with Gasteiger partial charge in [-0.05, 0) is 43.9 Å². The first-order valence-electron chi connectivity index (χ1n) is 7.46. The summed E-state index contributed by atoms with van der Waals surface area (Å²) in [6.07, 6.45) is 8.50. The molecule has 1 saturated carbocycles. The maximum atomic E-state index is 5.47. The summed E-state index contributed by atoms with van der Waals surface area (Å²) in [5.41, 5.74) is 1.06. The van der Waals surface area contributed by atoms with E-state index in [0.717, 1.165) is 17.4 Å². The minimum Gasteiger partial charge on any atom is -0.495 e. The Balaban J connectivity index is 2.19. The predicted molar refractivity (Wildman–Crippen MR) is 78.3 cm³/mol. The predicted octanol–water partition coefficient (Wildman–Crippen LogP) is 3.57. The SMILES string of the molecule is CCC1CCCC(C(NC)c2ncccc2OC)C1. The maximum Gasteiger partial charge on any atom is 0.141 e. The molecule has 1 aliphatic rings. The molecule has 1 fully saturated rings. The number of hydrogen-bond donors (Lipinski definition) is 1. The number of methoxy groups -OCH3 is 1. The Labute approximate surface area is 116 Å². The van der Waals surface area contributed by atoms with Crippen LogP contribution < -0.4 is 10.1 Å². The lowest BCUT2D eigenvalue weighted by Crippen LogP contribution is -2.30. The van der Waals surface area contributed by atoms with Gasteiger partial charge in [0.2, 0.25) is 0 Å². The first-order valence-corrected chi connectivity index (χ1v) is 7.46. The largest absolute Gasteiger partial charge is 0.495 e. The summed E-state index contributed by atoms with van der Waals surface area (Å²) >= 11 is 0. The van der Waals surface area contributed by atoms with E-state index in [1.807, 2.05) is 25.4 Å². The summed E-state index contributed by atoms with van der Waals surface area (Å²) in [6, 6.07) is 4.25. The van der Waals surface area contributed by atoms with Gasteiger partial charge in [-0.15, -0.1) is 0 Å². The molecular weight excluding hydrogens is 236 g/mol. The second kappa shape index (κ2) is 6.90. The molecule has 0 aromatic carbocycles. The monoisotopic (exact) mass is 262 g/mol. The number of hydrogen-bond acceptors (Lipinski definition) is 3. The Morgan fingerprint density at radius 3 is 3.00 bits per heavy atom. The zero-order valence-electron chi connectivity index (χ0n) is 12.4. The van der Waals surface area contributed by atoms with Gasteiger partial charge in [0.15, 0.2) is 0 Å². The molecule has 19 heavy (non-hydrogen) atoms. The van der Waals surface area contributed by atoms with Gasteiger partial charge in [-0.1, -0.05) is 26.2 Å². The molecule has 2 rings (SSSR count). The van der Waals surface area contributed by atoms with Crippen LogP contribution in [0.3, 0.4) is 0 Å². The Morgan fingerprint density at radius 1 is 1.47 bits per heavy atom. The second-order valence-corrected chi connectivity index (χ2v) is 5.56. The molecule has 1 aromatic rings. The molecule has 3 atom stereocenters. The van der Waals surface area contributed by atoms with Crippen molar-refractivity contribution in [2.24, 2.45) is 11.8 Å². The molecule has 0 radical (unpaired) electrons. The van der Waals surface area contributed by atoms with E-state index in [1.54, 1.807) is 7.11 Å². The average molecular weight is 262 g/mol. The third kappa shape index (κ3) is 3.27. The summed E-state index contributed by atoms with van der Waals surface area (Å²) in [7, 11) is 3.76. The van der Waals surface area contributed by atoms with E-state index in [2.05, 4.69) is 17.2 Å². The van der Waals surface area contributed by atoms with Crippen LogP contribution in [0.2, 0.25) is 0 Å². The molecule has 3 unspecified atom stereocenters. The van der Waals surface area contributed by atoms with Crippen LogP contribution in [0, 0.1) is 11.8 Å². The molecule has 0 spiro atoms. The van der Waals surface area contributed by atoms with Crippen LogP contribution in [0.15, 0.2) is 18.3 Å². The highest BCUT2D eigenvalue weighted by Crippen LogP contribution is 2.39. The minimum atomic E-state index is 0.311. The highest BCUT2D eigenvalue weighted by atomic mass is 16.5. The number of ether oxygens (including phenoxy) is 1. The van der Waals surface area contributed by atoms with Gasteiger partial charge in [0.25, 0.3) is 0 Å². The lowest BCUT2D eigenvalue weighted by Gasteiger charge is -2.34. The number of nitrogens with one attached hydrogen (secondary N) is 1. The molecule has 1 aromatic heterocycles. The lowest BCUT2D eigenvalue weighted by molar-refractivity contribution is 0.209. The zero-order valence-corrected chi connectivity index (χ0v) is 12.4. The normalized spacial score (nSPS) is 25.0. The molecule has 0 aliphatic heterocycles. The summed E-state index contributed by atoms with van der Waals surface area (Å²) < 4.78 is 5.47. The van der Waals surface area contributed by atoms with Gasteiger partial charge in [0, 0.05) is 6.20 Å². The number of pyridine rings is 1. The van der Waals surface area contributed by atoms with E-state index in [4.69, 9.17) is 4.74 Å². The van der Waals surface area contributed by atoms with Gasteiger partial charge < -0.3 is 10.1 Å². The molecular formula is C16H26N2O. The molecule has 0 saturated heterocycles. The van der Waals surface area contributed by atoms with Gasteiger partial charge in [0.05, 0.1) is 18.8 Å². The van der Waals surface area contributed by atoms with Crippen molar-refractivity contribution in [3.8, 4) is 5.75 Å². The van der Waals surface area contributed by atoms with Crippen LogP contribution in [0.5, 0.6) is 5.75 Å². The fourth-order valence-corrected chi connectivity index (χ4v) is 3.41. The Morgan fingerprint density at radius 2 is 2.32 bits per heavy atom. The zero-order chi connectivity index (χ0) is 13.7. The van der Waals surface area contributed by atoms with Crippen molar-refractivity contribution in [3.63, 3.8) is 0 Å². The second-order valence-electron chi connectivity index (χ2n) is 5.56. The van der Waals surface area contributed by atoms with E-state index in [0.29, 0.717) is 12.0 Å². The van der Waals surface area contributed by atoms with Crippen LogP contribution >= 0.6 is 0 Å². The van der Waals surface area contributed by atoms with Crippen molar-refractivity contribution < 1.29 is 4.74 Å². The third-order valence-corrected chi connectivity index (χ3v) is 4.50. The van der Waals surface area contributed by atoms with E-state index in [1.165, 1.54) is 32.1 Å². The van der Waals surface area contributed by atoms with Crippen molar-refractivity contribution in [2.45, 2.75) is 45.1 Å². The van der Waals surface area contributed by atoms with Crippen molar-refractivity contribution in [1.29, 1.82) is 0 Å². The molecule has 1 aliphatic carbocycles. The quantitative estimate of drug-likeness (QED) is 0.881. The molecule has 3 nitrogen and oxygen atoms in total. The topological polar surface area (TPSA) is 34.2 Å². The lowest BCUT2D eigenvalue weighted by atomic mass is 9.76. The molecule has 106 valence electrons. The van der Waals surface area contributed by atoms with Gasteiger partial charge in [-0.2, -0.15) is 0 Å². The average Bonchev–Trinajstić information content (AvgIpc) is 2.49. The molecule has 1 heterocycles. The number of aromatic nitrogens is 1. The smallest absolute Gasteiger partial charge is 0.141 e. The van der Waals surface area contributed by atoms with Crippen LogP contribution in [-0.2, 0) is 0 Å². The summed E-state index contributed by atoms with van der Waals surface area (Å²) in [4.78, 5) is 4.56. The van der Waals surface area contributed by atoms with Gasteiger partial charge in [-0.25, -0.2) is 0 Å². The van der Waals surface area contributed by atoms with Crippen molar-refractivity contribution in [2.75, 3.05) is 14.2 Å². The van der Waals surface area contributed by atoms with E-state index >= 15 is 0 Å². The number of rotatable bonds is 5. The maximum absolute atomic E-state index is 5.47. The highest BCUT2D eigenvalue weighted by molar-refractivity contribution is 5.30. The van der Waals surface area contributed by atoms with Crippen molar-refractivity contribution in [1.82, 2.24) is 10.3 Å². The summed E-state index contributed by atoms with van der Waals surface area (Å²) in [5.74, 6) is 2.46. The van der Waals surface area contributed by atoms with E-state index < -0.39 is 0 Å². The van der Waals surface area contributed by atoms with E-state index in [-0.39, 0.29) is 0 Å². The minimum absolute atomic E-state index is 0.311. The van der Waals surface area contributed by atoms with Gasteiger partial charge >= 0.3 is 0 Å². The first-order chi connectivity index (χ1) is 9.30. The summed E-state index contributed by atoms with van der Waals surface area (Å²) in [5, 5.41) is 3.46. The Kier molecular flexibility index (Phi) is 5.20. The van der Waals surface area contributed by atoms with Gasteiger partial charge in [0.1, 0.15) is 5.75 Å². The molecule has 0 bridgehead atoms. The Bertz CT molecular complexity index is 394. The number of nitrogens with zero attached hydrogens (tertiary/aromatic N) is 1. The van der Waals surface area contributed by atoms with Crippen LogP contribution in [0.1, 0.15) is 50.8 Å².